The van der Waals surface area contributed by atoms with Crippen LogP contribution in [0.4, 0.5) is 5.69 Å². The van der Waals surface area contributed by atoms with Gasteiger partial charge in [0, 0.05) is 27.8 Å². The molecule has 138 valence electrons. The highest BCUT2D eigenvalue weighted by Crippen LogP contribution is 2.29. The summed E-state index contributed by atoms with van der Waals surface area (Å²) in [5, 5.41) is 11.7. The first-order chi connectivity index (χ1) is 12.9. The molecule has 0 aliphatic carbocycles. The SMILES string of the molecule is COc1ccc(C(=O)COC(=O)c2cc3cc([N+](=O)[O-])ccc3s2)cc1Cl. The second-order valence-electron chi connectivity index (χ2n) is 5.44. The summed E-state index contributed by atoms with van der Waals surface area (Å²) in [5.41, 5.74) is 0.229. The maximum absolute atomic E-state index is 12.2. The monoisotopic (exact) mass is 405 g/mol. The van der Waals surface area contributed by atoms with Crippen LogP contribution < -0.4 is 4.74 Å². The number of hydrogen-bond acceptors (Lipinski definition) is 7. The first-order valence-corrected chi connectivity index (χ1v) is 8.80. The zero-order valence-electron chi connectivity index (χ0n) is 13.9. The van der Waals surface area contributed by atoms with Gasteiger partial charge in [-0.15, -0.1) is 11.3 Å². The lowest BCUT2D eigenvalue weighted by Gasteiger charge is -2.06. The first-order valence-electron chi connectivity index (χ1n) is 7.61. The van der Waals surface area contributed by atoms with Crippen molar-refractivity contribution in [2.75, 3.05) is 13.7 Å². The number of benzene rings is 2. The fourth-order valence-corrected chi connectivity index (χ4v) is 3.56. The van der Waals surface area contributed by atoms with E-state index in [1.54, 1.807) is 12.1 Å². The van der Waals surface area contributed by atoms with Gasteiger partial charge in [0.2, 0.25) is 0 Å². The van der Waals surface area contributed by atoms with Gasteiger partial charge in [-0.3, -0.25) is 14.9 Å². The van der Waals surface area contributed by atoms with Crippen LogP contribution in [0.25, 0.3) is 10.1 Å². The molecule has 0 fully saturated rings. The van der Waals surface area contributed by atoms with Crippen LogP contribution in [0.1, 0.15) is 20.0 Å². The number of nitrogens with zero attached hydrogens (tertiary/aromatic N) is 1. The number of halogens is 1. The Hall–Kier alpha value is -2.97. The molecule has 0 N–H and O–H groups in total. The number of methoxy groups -OCH3 is 1. The summed E-state index contributed by atoms with van der Waals surface area (Å²) in [6, 6.07) is 10.3. The molecule has 1 heterocycles. The molecule has 9 heteroatoms. The maximum atomic E-state index is 12.2. The van der Waals surface area contributed by atoms with E-state index in [9.17, 15) is 19.7 Å². The van der Waals surface area contributed by atoms with Crippen molar-refractivity contribution in [1.29, 1.82) is 0 Å². The second-order valence-corrected chi connectivity index (χ2v) is 6.93. The Morgan fingerprint density at radius 2 is 1.96 bits per heavy atom. The van der Waals surface area contributed by atoms with Gasteiger partial charge in [0.25, 0.3) is 5.69 Å². The number of fused-ring (bicyclic) bond motifs is 1. The molecule has 0 amide bonds. The number of non-ortho nitro benzene ring substituents is 1. The average molecular weight is 406 g/mol. The smallest absolute Gasteiger partial charge is 0.348 e. The molecular formula is C18H12ClNO6S. The molecule has 1 aromatic heterocycles. The van der Waals surface area contributed by atoms with Gasteiger partial charge in [0.15, 0.2) is 12.4 Å². The normalized spacial score (nSPS) is 10.6. The molecule has 0 bridgehead atoms. The van der Waals surface area contributed by atoms with Crippen LogP contribution in [-0.2, 0) is 4.74 Å². The number of thiophene rings is 1. The summed E-state index contributed by atoms with van der Waals surface area (Å²) < 4.78 is 10.8. The number of esters is 1. The third-order valence-corrected chi connectivity index (χ3v) is 5.11. The lowest BCUT2D eigenvalue weighted by Crippen LogP contribution is -2.13. The zero-order valence-corrected chi connectivity index (χ0v) is 15.5. The lowest BCUT2D eigenvalue weighted by molar-refractivity contribution is -0.384. The Kier molecular flexibility index (Phi) is 5.38. The Bertz CT molecular complexity index is 1060. The number of carbonyl (C=O) groups is 2. The summed E-state index contributed by atoms with van der Waals surface area (Å²) >= 11 is 7.12. The molecule has 0 saturated carbocycles. The number of nitro benzene ring substituents is 1. The third kappa shape index (κ3) is 4.07. The van der Waals surface area contributed by atoms with Crippen LogP contribution in [0.5, 0.6) is 5.75 Å². The fraction of sp³-hybridized carbons (Fsp3) is 0.111. The van der Waals surface area contributed by atoms with Crippen LogP contribution in [0.2, 0.25) is 5.02 Å². The van der Waals surface area contributed by atoms with Gasteiger partial charge in [-0.25, -0.2) is 4.79 Å². The number of rotatable bonds is 6. The topological polar surface area (TPSA) is 95.7 Å². The van der Waals surface area contributed by atoms with Gasteiger partial charge in [0.05, 0.1) is 17.1 Å². The highest BCUT2D eigenvalue weighted by molar-refractivity contribution is 7.20. The molecule has 0 saturated heterocycles. The summed E-state index contributed by atoms with van der Waals surface area (Å²) in [4.78, 5) is 34.9. The van der Waals surface area contributed by atoms with Gasteiger partial charge >= 0.3 is 5.97 Å². The van der Waals surface area contributed by atoms with Gasteiger partial charge < -0.3 is 9.47 Å². The Balaban J connectivity index is 1.70. The molecule has 0 unspecified atom stereocenters. The molecule has 7 nitrogen and oxygen atoms in total. The minimum Gasteiger partial charge on any atom is -0.495 e. The van der Waals surface area contributed by atoms with Crippen molar-refractivity contribution >= 4 is 50.5 Å². The molecule has 2 aromatic carbocycles. The van der Waals surface area contributed by atoms with Crippen molar-refractivity contribution in [3.05, 3.63) is 68.0 Å². The van der Waals surface area contributed by atoms with Crippen molar-refractivity contribution in [1.82, 2.24) is 0 Å². The van der Waals surface area contributed by atoms with Crippen LogP contribution in [0.3, 0.4) is 0 Å². The minimum atomic E-state index is -0.674. The van der Waals surface area contributed by atoms with Gasteiger partial charge in [-0.05, 0) is 30.3 Å². The maximum Gasteiger partial charge on any atom is 0.348 e. The van der Waals surface area contributed by atoms with E-state index >= 15 is 0 Å². The largest absolute Gasteiger partial charge is 0.495 e. The molecule has 27 heavy (non-hydrogen) atoms. The van der Waals surface area contributed by atoms with Crippen molar-refractivity contribution in [3.63, 3.8) is 0 Å². The van der Waals surface area contributed by atoms with Crippen LogP contribution >= 0.6 is 22.9 Å². The molecule has 0 radical (unpaired) electrons. The van der Waals surface area contributed by atoms with Crippen molar-refractivity contribution in [2.24, 2.45) is 0 Å². The lowest BCUT2D eigenvalue weighted by atomic mass is 10.1. The molecule has 0 aliphatic rings. The Morgan fingerprint density at radius 3 is 2.63 bits per heavy atom. The van der Waals surface area contributed by atoms with E-state index in [2.05, 4.69) is 0 Å². The molecular weight excluding hydrogens is 394 g/mol. The van der Waals surface area contributed by atoms with E-state index in [0.29, 0.717) is 21.4 Å². The number of ketones is 1. The molecule has 3 aromatic rings. The van der Waals surface area contributed by atoms with Gasteiger partial charge in [-0.1, -0.05) is 11.6 Å². The number of carbonyl (C=O) groups excluding carboxylic acids is 2. The van der Waals surface area contributed by atoms with E-state index in [1.807, 2.05) is 0 Å². The first kappa shape index (κ1) is 18.8. The van der Waals surface area contributed by atoms with Crippen molar-refractivity contribution < 1.29 is 24.0 Å². The summed E-state index contributed by atoms with van der Waals surface area (Å²) in [6.07, 6.45) is 0. The average Bonchev–Trinajstić information content (AvgIpc) is 3.09. The van der Waals surface area contributed by atoms with E-state index in [4.69, 9.17) is 21.1 Å². The molecule has 0 atom stereocenters. The number of Topliss-reactive ketones (excluding diaryl/α,β-unsaturated/α-hetero) is 1. The van der Waals surface area contributed by atoms with E-state index in [0.717, 1.165) is 11.3 Å². The zero-order chi connectivity index (χ0) is 19.6. The van der Waals surface area contributed by atoms with E-state index < -0.39 is 23.3 Å². The van der Waals surface area contributed by atoms with Crippen LogP contribution in [0, 0.1) is 10.1 Å². The molecule has 0 spiro atoms. The summed E-state index contributed by atoms with van der Waals surface area (Å²) in [5.74, 6) is -0.652. The highest BCUT2D eigenvalue weighted by Gasteiger charge is 2.17. The summed E-state index contributed by atoms with van der Waals surface area (Å²) in [6.45, 7) is -0.449. The number of hydrogen-bond donors (Lipinski definition) is 0. The van der Waals surface area contributed by atoms with Crippen LogP contribution in [-0.4, -0.2) is 30.4 Å². The van der Waals surface area contributed by atoms with Gasteiger partial charge in [0.1, 0.15) is 10.6 Å². The number of nitro groups is 1. The van der Waals surface area contributed by atoms with E-state index in [1.165, 1.54) is 37.4 Å². The number of ether oxygens (including phenoxy) is 2. The predicted octanol–water partition coefficient (Wildman–Crippen LogP) is 4.51. The minimum absolute atomic E-state index is 0.0632. The molecule has 3 rings (SSSR count). The van der Waals surface area contributed by atoms with Crippen molar-refractivity contribution in [2.45, 2.75) is 0 Å². The van der Waals surface area contributed by atoms with Crippen molar-refractivity contribution in [3.8, 4) is 5.75 Å². The second kappa shape index (κ2) is 7.73. The molecule has 0 aliphatic heterocycles. The summed E-state index contributed by atoms with van der Waals surface area (Å²) in [7, 11) is 1.46. The van der Waals surface area contributed by atoms with Gasteiger partial charge in [-0.2, -0.15) is 0 Å². The Labute approximate surface area is 162 Å². The highest BCUT2D eigenvalue weighted by atomic mass is 35.5. The Morgan fingerprint density at radius 1 is 1.19 bits per heavy atom. The predicted molar refractivity (Wildman–Crippen MR) is 101 cm³/mol. The van der Waals surface area contributed by atoms with Crippen LogP contribution in [0.15, 0.2) is 42.5 Å². The fourth-order valence-electron chi connectivity index (χ4n) is 2.37. The standard InChI is InChI=1S/C18H12ClNO6S/c1-25-15-4-2-10(7-13(15)19)14(21)9-26-18(22)17-8-11-6-12(20(23)24)3-5-16(11)27-17/h2-8H,9H2,1H3. The third-order valence-electron chi connectivity index (χ3n) is 3.72. The van der Waals surface area contributed by atoms with E-state index in [-0.39, 0.29) is 15.6 Å². The quantitative estimate of drug-likeness (QED) is 0.259.